The van der Waals surface area contributed by atoms with Crippen molar-refractivity contribution >= 4 is 35.0 Å². The van der Waals surface area contributed by atoms with Gasteiger partial charge in [0.25, 0.3) is 0 Å². The van der Waals surface area contributed by atoms with E-state index in [0.717, 1.165) is 24.1 Å². The van der Waals surface area contributed by atoms with Gasteiger partial charge in [-0.2, -0.15) is 9.97 Å². The average Bonchev–Trinajstić information content (AvgIpc) is 3.29. The summed E-state index contributed by atoms with van der Waals surface area (Å²) < 4.78 is 1.77. The number of hydrogen-bond donors (Lipinski definition) is 3. The SMILES string of the molecule is [C-]#[N+]c1ccc(CNC(=O)[C@@H](CC2CCCCC2)Nc2cc(-n3cnc(C)c3)nc(N)n2)c(Cl)c1. The number of nitrogens with one attached hydrogen (secondary N) is 2. The predicted octanol–water partition coefficient (Wildman–Crippen LogP) is 4.82. The van der Waals surface area contributed by atoms with Crippen LogP contribution in [0.3, 0.4) is 0 Å². The number of aromatic nitrogens is 4. The topological polar surface area (TPSA) is 115 Å². The molecule has 1 atom stereocenters. The van der Waals surface area contributed by atoms with Crippen LogP contribution in [-0.4, -0.2) is 31.5 Å². The van der Waals surface area contributed by atoms with E-state index in [1.807, 2.05) is 13.1 Å². The van der Waals surface area contributed by atoms with E-state index in [1.54, 1.807) is 35.2 Å². The lowest BCUT2D eigenvalue weighted by molar-refractivity contribution is -0.122. The molecule has 9 nitrogen and oxygen atoms in total. The minimum absolute atomic E-state index is 0.111. The summed E-state index contributed by atoms with van der Waals surface area (Å²) in [5.74, 6) is 1.49. The Bertz CT molecular complexity index is 1230. The molecule has 1 aromatic carbocycles. The third-order valence-corrected chi connectivity index (χ3v) is 6.61. The first-order valence-electron chi connectivity index (χ1n) is 11.8. The molecule has 3 aromatic rings. The lowest BCUT2D eigenvalue weighted by Gasteiger charge is -2.27. The molecule has 4 N–H and O–H groups in total. The summed E-state index contributed by atoms with van der Waals surface area (Å²) in [6.45, 7) is 9.28. The van der Waals surface area contributed by atoms with Crippen molar-refractivity contribution in [3.63, 3.8) is 0 Å². The maximum Gasteiger partial charge on any atom is 0.242 e. The molecule has 0 bridgehead atoms. The Morgan fingerprint density at radius 1 is 1.29 bits per heavy atom. The molecule has 1 saturated carbocycles. The number of carbonyl (C=O) groups excluding carboxylic acids is 1. The molecular weight excluding hydrogens is 464 g/mol. The number of rotatable bonds is 8. The number of aryl methyl sites for hydroxylation is 1. The van der Waals surface area contributed by atoms with E-state index >= 15 is 0 Å². The molecule has 0 saturated heterocycles. The number of hydrogen-bond acceptors (Lipinski definition) is 6. The normalized spacial score (nSPS) is 14.8. The van der Waals surface area contributed by atoms with Crippen molar-refractivity contribution in [1.29, 1.82) is 0 Å². The van der Waals surface area contributed by atoms with E-state index in [-0.39, 0.29) is 18.4 Å². The minimum Gasteiger partial charge on any atom is -0.368 e. The number of amides is 1. The van der Waals surface area contributed by atoms with Crippen molar-refractivity contribution in [3.05, 3.63) is 64.5 Å². The van der Waals surface area contributed by atoms with Crippen molar-refractivity contribution in [2.45, 2.75) is 58.0 Å². The monoisotopic (exact) mass is 492 g/mol. The predicted molar refractivity (Wildman–Crippen MR) is 136 cm³/mol. The van der Waals surface area contributed by atoms with Crippen molar-refractivity contribution in [2.24, 2.45) is 5.92 Å². The molecule has 10 heteroatoms. The van der Waals surface area contributed by atoms with Gasteiger partial charge in [-0.3, -0.25) is 9.36 Å². The maximum absolute atomic E-state index is 13.3. The number of imidazole rings is 1. The second kappa shape index (κ2) is 11.2. The quantitative estimate of drug-likeness (QED) is 0.388. The van der Waals surface area contributed by atoms with Crippen LogP contribution in [0, 0.1) is 19.4 Å². The summed E-state index contributed by atoms with van der Waals surface area (Å²) in [5.41, 5.74) is 8.06. The molecule has 1 aliphatic rings. The second-order valence-electron chi connectivity index (χ2n) is 8.93. The van der Waals surface area contributed by atoms with E-state index < -0.39 is 6.04 Å². The molecule has 1 aliphatic carbocycles. The fraction of sp³-hybridized carbons (Fsp3) is 0.400. The lowest BCUT2D eigenvalue weighted by Crippen LogP contribution is -2.41. The maximum atomic E-state index is 13.3. The fourth-order valence-electron chi connectivity index (χ4n) is 4.43. The van der Waals surface area contributed by atoms with Crippen LogP contribution < -0.4 is 16.4 Å². The summed E-state index contributed by atoms with van der Waals surface area (Å²) in [6.07, 6.45) is 10.0. The Hall–Kier alpha value is -3.64. The van der Waals surface area contributed by atoms with Gasteiger partial charge in [0.05, 0.1) is 12.3 Å². The molecule has 4 rings (SSSR count). The van der Waals surface area contributed by atoms with Crippen molar-refractivity contribution < 1.29 is 4.79 Å². The van der Waals surface area contributed by atoms with Gasteiger partial charge in [-0.05, 0) is 30.9 Å². The second-order valence-corrected chi connectivity index (χ2v) is 9.34. The number of nitrogens with zero attached hydrogens (tertiary/aromatic N) is 5. The first-order valence-corrected chi connectivity index (χ1v) is 12.1. The largest absolute Gasteiger partial charge is 0.368 e. The standard InChI is InChI=1S/C25H29ClN8O/c1-16-14-34(15-30-16)23-12-22(32-25(27)33-23)31-21(10-17-6-4-3-5-7-17)24(35)29-13-18-8-9-19(28-2)11-20(18)26/h8-9,11-12,14-15,17,21H,3-7,10,13H2,1H3,(H,29,35)(H3,27,31,32,33)/t21-/m1/s1. The summed E-state index contributed by atoms with van der Waals surface area (Å²) in [7, 11) is 0. The van der Waals surface area contributed by atoms with Crippen molar-refractivity contribution in [1.82, 2.24) is 24.8 Å². The Balaban J connectivity index is 1.52. The molecule has 0 radical (unpaired) electrons. The van der Waals surface area contributed by atoms with E-state index in [4.69, 9.17) is 23.9 Å². The van der Waals surface area contributed by atoms with Crippen LogP contribution in [0.15, 0.2) is 36.8 Å². The van der Waals surface area contributed by atoms with Gasteiger partial charge in [0.1, 0.15) is 24.0 Å². The van der Waals surface area contributed by atoms with Crippen LogP contribution in [0.4, 0.5) is 17.5 Å². The first-order chi connectivity index (χ1) is 16.9. The van der Waals surface area contributed by atoms with Gasteiger partial charge < -0.3 is 16.4 Å². The van der Waals surface area contributed by atoms with Crippen LogP contribution in [-0.2, 0) is 11.3 Å². The van der Waals surface area contributed by atoms with Crippen LogP contribution in [0.2, 0.25) is 5.02 Å². The number of nitrogens with two attached hydrogens (primary N) is 1. The number of carbonyl (C=O) groups is 1. The third-order valence-electron chi connectivity index (χ3n) is 6.26. The van der Waals surface area contributed by atoms with Gasteiger partial charge in [-0.15, -0.1) is 0 Å². The highest BCUT2D eigenvalue weighted by molar-refractivity contribution is 6.31. The zero-order valence-corrected chi connectivity index (χ0v) is 20.4. The summed E-state index contributed by atoms with van der Waals surface area (Å²) in [5, 5.41) is 6.76. The van der Waals surface area contributed by atoms with Gasteiger partial charge in [-0.25, -0.2) is 9.83 Å². The van der Waals surface area contributed by atoms with Crippen LogP contribution in [0.1, 0.15) is 49.8 Å². The Kier molecular flexibility index (Phi) is 7.83. The van der Waals surface area contributed by atoms with Crippen LogP contribution >= 0.6 is 11.6 Å². The Labute approximate surface area is 210 Å². The smallest absolute Gasteiger partial charge is 0.242 e. The number of benzene rings is 1. The van der Waals surface area contributed by atoms with Crippen LogP contribution in [0.5, 0.6) is 0 Å². The molecule has 1 amide bonds. The summed E-state index contributed by atoms with van der Waals surface area (Å²) >= 11 is 6.30. The number of nitrogen functional groups attached to an aromatic ring is 1. The van der Waals surface area contributed by atoms with E-state index in [1.165, 1.54) is 19.3 Å². The third kappa shape index (κ3) is 6.49. The zero-order chi connectivity index (χ0) is 24.8. The van der Waals surface area contributed by atoms with E-state index in [9.17, 15) is 4.79 Å². The number of halogens is 1. The molecule has 35 heavy (non-hydrogen) atoms. The van der Waals surface area contributed by atoms with Gasteiger partial charge in [0.2, 0.25) is 11.9 Å². The molecule has 0 spiro atoms. The highest BCUT2D eigenvalue weighted by Crippen LogP contribution is 2.29. The van der Waals surface area contributed by atoms with Crippen LogP contribution in [0.25, 0.3) is 10.7 Å². The molecule has 2 aromatic heterocycles. The molecule has 0 aliphatic heterocycles. The van der Waals surface area contributed by atoms with E-state index in [0.29, 0.717) is 34.7 Å². The number of anilines is 2. The highest BCUT2D eigenvalue weighted by Gasteiger charge is 2.25. The average molecular weight is 493 g/mol. The minimum atomic E-state index is -0.494. The van der Waals surface area contributed by atoms with Crippen molar-refractivity contribution in [3.8, 4) is 5.82 Å². The van der Waals surface area contributed by atoms with Gasteiger partial charge in [0.15, 0.2) is 5.69 Å². The fourth-order valence-corrected chi connectivity index (χ4v) is 4.67. The van der Waals surface area contributed by atoms with Gasteiger partial charge in [-0.1, -0.05) is 55.8 Å². The molecule has 2 heterocycles. The molecule has 1 fully saturated rings. The molecule has 0 unspecified atom stereocenters. The first kappa shape index (κ1) is 24.5. The molecule has 182 valence electrons. The highest BCUT2D eigenvalue weighted by atomic mass is 35.5. The van der Waals surface area contributed by atoms with E-state index in [2.05, 4.69) is 30.4 Å². The van der Waals surface area contributed by atoms with Gasteiger partial charge in [0, 0.05) is 23.8 Å². The van der Waals surface area contributed by atoms with Crippen molar-refractivity contribution in [2.75, 3.05) is 11.1 Å². The summed E-state index contributed by atoms with van der Waals surface area (Å²) in [4.78, 5) is 29.6. The Morgan fingerprint density at radius 2 is 2.09 bits per heavy atom. The zero-order valence-electron chi connectivity index (χ0n) is 19.7. The molecular formula is C25H29ClN8O. The summed E-state index contributed by atoms with van der Waals surface area (Å²) in [6, 6.07) is 6.34. The lowest BCUT2D eigenvalue weighted by atomic mass is 9.84. The Morgan fingerprint density at radius 3 is 2.77 bits per heavy atom. The van der Waals surface area contributed by atoms with Gasteiger partial charge >= 0.3 is 0 Å².